The van der Waals surface area contributed by atoms with E-state index in [1.165, 1.54) is 11.1 Å². The zero-order valence-electron chi connectivity index (χ0n) is 6.79. The predicted molar refractivity (Wildman–Crippen MR) is 52.5 cm³/mol. The van der Waals surface area contributed by atoms with Crippen LogP contribution in [0.2, 0.25) is 0 Å². The molecule has 12 heavy (non-hydrogen) atoms. The highest BCUT2D eigenvalue weighted by molar-refractivity contribution is 9.09. The quantitative estimate of drug-likeness (QED) is 0.670. The summed E-state index contributed by atoms with van der Waals surface area (Å²) in [5, 5.41) is 0.932. The largest absolute Gasteiger partial charge is 0.372 e. The average molecular weight is 227 g/mol. The van der Waals surface area contributed by atoms with Crippen molar-refractivity contribution in [3.8, 4) is 0 Å². The van der Waals surface area contributed by atoms with Crippen molar-refractivity contribution < 1.29 is 4.74 Å². The third kappa shape index (κ3) is 1.54. The topological polar surface area (TPSA) is 9.23 Å². The van der Waals surface area contributed by atoms with Gasteiger partial charge in [-0.3, -0.25) is 0 Å². The van der Waals surface area contributed by atoms with Gasteiger partial charge in [0, 0.05) is 5.33 Å². The van der Waals surface area contributed by atoms with E-state index in [1.807, 2.05) is 0 Å². The van der Waals surface area contributed by atoms with Gasteiger partial charge in [-0.25, -0.2) is 0 Å². The lowest BCUT2D eigenvalue weighted by Gasteiger charge is -2.23. The molecular formula is C10H11BrO. The van der Waals surface area contributed by atoms with Crippen molar-refractivity contribution in [2.24, 2.45) is 0 Å². The van der Waals surface area contributed by atoms with Crippen molar-refractivity contribution in [3.05, 3.63) is 35.4 Å². The van der Waals surface area contributed by atoms with Gasteiger partial charge in [0.25, 0.3) is 0 Å². The minimum atomic E-state index is 0.361. The van der Waals surface area contributed by atoms with Gasteiger partial charge in [0.05, 0.1) is 12.7 Å². The standard InChI is InChI=1S/C10H11BrO/c11-6-10-5-8-3-1-2-4-9(8)7-12-10/h1-4,10H,5-7H2/t10-/m1/s1. The van der Waals surface area contributed by atoms with Gasteiger partial charge >= 0.3 is 0 Å². The van der Waals surface area contributed by atoms with Crippen LogP contribution in [0, 0.1) is 0 Å². The molecule has 1 atom stereocenters. The molecule has 1 aromatic carbocycles. The maximum atomic E-state index is 5.61. The molecule has 0 aliphatic carbocycles. The van der Waals surface area contributed by atoms with E-state index < -0.39 is 0 Å². The Bertz CT molecular complexity index is 272. The summed E-state index contributed by atoms with van der Waals surface area (Å²) in [5.41, 5.74) is 2.78. The fraction of sp³-hybridized carbons (Fsp3) is 0.400. The first-order chi connectivity index (χ1) is 5.90. The number of halogens is 1. The van der Waals surface area contributed by atoms with Gasteiger partial charge in [0.15, 0.2) is 0 Å². The average Bonchev–Trinajstić information content (AvgIpc) is 2.17. The third-order valence-electron chi connectivity index (χ3n) is 2.21. The maximum absolute atomic E-state index is 5.61. The minimum Gasteiger partial charge on any atom is -0.372 e. The molecule has 0 fully saturated rings. The lowest BCUT2D eigenvalue weighted by molar-refractivity contribution is 0.0449. The number of hydrogen-bond donors (Lipinski definition) is 0. The molecule has 1 aliphatic rings. The maximum Gasteiger partial charge on any atom is 0.0723 e. The second-order valence-electron chi connectivity index (χ2n) is 3.06. The molecule has 2 heteroatoms. The number of benzene rings is 1. The molecular weight excluding hydrogens is 216 g/mol. The number of rotatable bonds is 1. The first kappa shape index (κ1) is 8.27. The van der Waals surface area contributed by atoms with Crippen LogP contribution in [-0.2, 0) is 17.8 Å². The molecule has 0 spiro atoms. The summed E-state index contributed by atoms with van der Waals surface area (Å²) in [5.74, 6) is 0. The Balaban J connectivity index is 2.23. The van der Waals surface area contributed by atoms with E-state index in [4.69, 9.17) is 4.74 Å². The fourth-order valence-electron chi connectivity index (χ4n) is 1.51. The molecule has 1 nitrogen and oxygen atoms in total. The smallest absolute Gasteiger partial charge is 0.0723 e. The van der Waals surface area contributed by atoms with Gasteiger partial charge in [-0.15, -0.1) is 0 Å². The van der Waals surface area contributed by atoms with E-state index in [0.717, 1.165) is 18.4 Å². The summed E-state index contributed by atoms with van der Waals surface area (Å²) in [7, 11) is 0. The van der Waals surface area contributed by atoms with Crippen LogP contribution >= 0.6 is 15.9 Å². The van der Waals surface area contributed by atoms with Gasteiger partial charge in [-0.1, -0.05) is 40.2 Å². The SMILES string of the molecule is BrC[C@H]1Cc2ccccc2CO1. The van der Waals surface area contributed by atoms with Crippen LogP contribution in [-0.4, -0.2) is 11.4 Å². The molecule has 2 rings (SSSR count). The number of hydrogen-bond acceptors (Lipinski definition) is 1. The third-order valence-corrected chi connectivity index (χ3v) is 2.93. The van der Waals surface area contributed by atoms with E-state index in [0.29, 0.717) is 6.10 Å². The summed E-state index contributed by atoms with van der Waals surface area (Å²) in [6.45, 7) is 0.770. The molecule has 0 amide bonds. The fourth-order valence-corrected chi connectivity index (χ4v) is 1.92. The number of fused-ring (bicyclic) bond motifs is 1. The summed E-state index contributed by atoms with van der Waals surface area (Å²) in [6.07, 6.45) is 1.40. The minimum absolute atomic E-state index is 0.361. The molecule has 0 radical (unpaired) electrons. The highest BCUT2D eigenvalue weighted by atomic mass is 79.9. The zero-order chi connectivity index (χ0) is 8.39. The predicted octanol–water partition coefficient (Wildman–Crippen LogP) is 2.52. The number of alkyl halides is 1. The summed E-state index contributed by atoms with van der Waals surface area (Å²) < 4.78 is 5.61. The Hall–Kier alpha value is -0.340. The first-order valence-corrected chi connectivity index (χ1v) is 5.26. The monoisotopic (exact) mass is 226 g/mol. The van der Waals surface area contributed by atoms with Gasteiger partial charge in [-0.05, 0) is 17.5 Å². The van der Waals surface area contributed by atoms with E-state index in [2.05, 4.69) is 40.2 Å². The highest BCUT2D eigenvalue weighted by Gasteiger charge is 2.16. The van der Waals surface area contributed by atoms with Crippen molar-refractivity contribution in [2.75, 3.05) is 5.33 Å². The van der Waals surface area contributed by atoms with Crippen LogP contribution in [0.5, 0.6) is 0 Å². The molecule has 0 saturated carbocycles. The normalized spacial score (nSPS) is 21.9. The van der Waals surface area contributed by atoms with Gasteiger partial charge < -0.3 is 4.74 Å². The molecule has 1 heterocycles. The molecule has 0 saturated heterocycles. The number of ether oxygens (including phenoxy) is 1. The Morgan fingerprint density at radius 3 is 2.83 bits per heavy atom. The molecule has 0 unspecified atom stereocenters. The van der Waals surface area contributed by atoms with Crippen LogP contribution in [0.4, 0.5) is 0 Å². The van der Waals surface area contributed by atoms with Crippen molar-refractivity contribution in [3.63, 3.8) is 0 Å². The van der Waals surface area contributed by atoms with Gasteiger partial charge in [0.2, 0.25) is 0 Å². The summed E-state index contributed by atoms with van der Waals surface area (Å²) >= 11 is 3.44. The second-order valence-corrected chi connectivity index (χ2v) is 3.71. The lowest BCUT2D eigenvalue weighted by atomic mass is 10.0. The Morgan fingerprint density at radius 1 is 1.33 bits per heavy atom. The Labute approximate surface area is 80.9 Å². The van der Waals surface area contributed by atoms with Crippen molar-refractivity contribution in [1.82, 2.24) is 0 Å². The molecule has 1 aromatic rings. The highest BCUT2D eigenvalue weighted by Crippen LogP contribution is 2.20. The van der Waals surface area contributed by atoms with Gasteiger partial charge in [0.1, 0.15) is 0 Å². The van der Waals surface area contributed by atoms with Crippen molar-refractivity contribution >= 4 is 15.9 Å². The van der Waals surface area contributed by atoms with Crippen LogP contribution in [0.15, 0.2) is 24.3 Å². The van der Waals surface area contributed by atoms with E-state index in [-0.39, 0.29) is 0 Å². The van der Waals surface area contributed by atoms with Crippen LogP contribution < -0.4 is 0 Å². The van der Waals surface area contributed by atoms with E-state index in [9.17, 15) is 0 Å². The molecule has 1 aliphatic heterocycles. The van der Waals surface area contributed by atoms with Crippen LogP contribution in [0.3, 0.4) is 0 Å². The van der Waals surface area contributed by atoms with Crippen molar-refractivity contribution in [1.29, 1.82) is 0 Å². The lowest BCUT2D eigenvalue weighted by Crippen LogP contribution is -2.23. The molecule has 64 valence electrons. The molecule has 0 bridgehead atoms. The molecule has 0 N–H and O–H groups in total. The Kier molecular flexibility index (Phi) is 2.47. The molecule has 0 aromatic heterocycles. The second kappa shape index (κ2) is 3.58. The van der Waals surface area contributed by atoms with Gasteiger partial charge in [-0.2, -0.15) is 0 Å². The van der Waals surface area contributed by atoms with Crippen LogP contribution in [0.1, 0.15) is 11.1 Å². The van der Waals surface area contributed by atoms with E-state index >= 15 is 0 Å². The summed E-state index contributed by atoms with van der Waals surface area (Å²) in [4.78, 5) is 0. The van der Waals surface area contributed by atoms with Crippen molar-refractivity contribution in [2.45, 2.75) is 19.1 Å². The van der Waals surface area contributed by atoms with Crippen LogP contribution in [0.25, 0.3) is 0 Å². The summed E-state index contributed by atoms with van der Waals surface area (Å²) in [6, 6.07) is 8.49. The zero-order valence-corrected chi connectivity index (χ0v) is 8.38. The first-order valence-electron chi connectivity index (χ1n) is 4.14. The Morgan fingerprint density at radius 2 is 2.08 bits per heavy atom. The van der Waals surface area contributed by atoms with E-state index in [1.54, 1.807) is 0 Å².